The van der Waals surface area contributed by atoms with Crippen molar-refractivity contribution in [3.8, 4) is 17.2 Å². The zero-order valence-corrected chi connectivity index (χ0v) is 15.8. The molecule has 0 radical (unpaired) electrons. The third-order valence-corrected chi connectivity index (χ3v) is 4.43. The van der Waals surface area contributed by atoms with Crippen molar-refractivity contribution in [3.63, 3.8) is 0 Å². The van der Waals surface area contributed by atoms with Crippen LogP contribution in [0.5, 0.6) is 5.75 Å². The van der Waals surface area contributed by atoms with Crippen molar-refractivity contribution in [3.05, 3.63) is 78.3 Å². The summed E-state index contributed by atoms with van der Waals surface area (Å²) in [6.07, 6.45) is 2.97. The second kappa shape index (κ2) is 8.44. The number of benzene rings is 1. The lowest BCUT2D eigenvalue weighted by molar-refractivity contribution is 0.0924. The summed E-state index contributed by atoms with van der Waals surface area (Å²) in [5.74, 6) is -0.446. The number of carbonyl (C=O) groups excluding carboxylic acids is 2. The highest BCUT2D eigenvalue weighted by Crippen LogP contribution is 2.25. The fourth-order valence-electron chi connectivity index (χ4n) is 3.02. The number of furan rings is 1. The summed E-state index contributed by atoms with van der Waals surface area (Å²) in [5.41, 5.74) is 1.63. The molecule has 3 aromatic heterocycles. The second-order valence-electron chi connectivity index (χ2n) is 6.43. The number of fused-ring (bicyclic) bond motifs is 1. The third kappa shape index (κ3) is 3.97. The molecule has 8 nitrogen and oxygen atoms in total. The van der Waals surface area contributed by atoms with Crippen LogP contribution >= 0.6 is 0 Å². The highest BCUT2D eigenvalue weighted by molar-refractivity contribution is 6.07. The Morgan fingerprint density at radius 3 is 2.53 bits per heavy atom. The molecular weight excluding hydrogens is 384 g/mol. The Balaban J connectivity index is 1.46. The van der Waals surface area contributed by atoms with Crippen molar-refractivity contribution in [2.24, 2.45) is 0 Å². The molecule has 0 aliphatic heterocycles. The maximum atomic E-state index is 12.8. The predicted molar refractivity (Wildman–Crippen MR) is 110 cm³/mol. The van der Waals surface area contributed by atoms with Gasteiger partial charge in [-0.3, -0.25) is 9.59 Å². The van der Waals surface area contributed by atoms with Crippen molar-refractivity contribution < 1.29 is 19.1 Å². The summed E-state index contributed by atoms with van der Waals surface area (Å²) in [6.45, 7) is 0.375. The Morgan fingerprint density at radius 2 is 1.77 bits per heavy atom. The van der Waals surface area contributed by atoms with Crippen molar-refractivity contribution in [1.29, 1.82) is 0 Å². The zero-order chi connectivity index (χ0) is 20.9. The average Bonchev–Trinajstić information content (AvgIpc) is 3.31. The summed E-state index contributed by atoms with van der Waals surface area (Å²) in [6, 6.07) is 15.5. The van der Waals surface area contributed by atoms with Gasteiger partial charge >= 0.3 is 0 Å². The van der Waals surface area contributed by atoms with Gasteiger partial charge in [0, 0.05) is 24.7 Å². The Morgan fingerprint density at radius 1 is 0.967 bits per heavy atom. The number of amides is 2. The molecule has 0 spiro atoms. The van der Waals surface area contributed by atoms with Gasteiger partial charge in [0.1, 0.15) is 11.4 Å². The normalized spacial score (nSPS) is 10.7. The molecule has 3 N–H and O–H groups in total. The molecule has 1 aromatic carbocycles. The van der Waals surface area contributed by atoms with Crippen molar-refractivity contribution in [2.45, 2.75) is 0 Å². The maximum absolute atomic E-state index is 12.8. The van der Waals surface area contributed by atoms with Crippen LogP contribution in [0.1, 0.15) is 20.8 Å². The van der Waals surface area contributed by atoms with Crippen LogP contribution in [0.3, 0.4) is 0 Å². The molecule has 0 saturated heterocycles. The van der Waals surface area contributed by atoms with Crippen LogP contribution in [0.25, 0.3) is 22.4 Å². The lowest BCUT2D eigenvalue weighted by Crippen LogP contribution is -2.35. The van der Waals surface area contributed by atoms with Crippen molar-refractivity contribution in [1.82, 2.24) is 20.6 Å². The number of aromatic nitrogens is 2. The van der Waals surface area contributed by atoms with E-state index in [-0.39, 0.29) is 30.4 Å². The Bertz CT molecular complexity index is 1200. The number of hydrogen-bond donors (Lipinski definition) is 3. The van der Waals surface area contributed by atoms with E-state index >= 15 is 0 Å². The van der Waals surface area contributed by atoms with E-state index in [1.165, 1.54) is 18.3 Å². The Hall–Kier alpha value is -4.20. The van der Waals surface area contributed by atoms with Gasteiger partial charge in [0.25, 0.3) is 11.8 Å². The first-order valence-corrected chi connectivity index (χ1v) is 9.27. The number of nitrogens with zero attached hydrogens (tertiary/aromatic N) is 2. The van der Waals surface area contributed by atoms with Crippen molar-refractivity contribution >= 4 is 22.7 Å². The molecule has 4 aromatic rings. The number of nitrogens with one attached hydrogen (secondary N) is 2. The van der Waals surface area contributed by atoms with E-state index < -0.39 is 5.91 Å². The summed E-state index contributed by atoms with van der Waals surface area (Å²) in [5, 5.41) is 15.8. The number of hydrogen-bond acceptors (Lipinski definition) is 6. The standard InChI is InChI=1S/C22H18N4O4/c27-18-7-3-9-23-20(18)22(29)25-11-10-24-21(28)15-13-17(19-8-4-12-30-19)26-16-6-2-1-5-14(15)16/h1-9,12-13,27H,10-11H2,(H,24,28)(H,25,29). The molecular formula is C22H18N4O4. The van der Waals surface area contributed by atoms with Gasteiger partial charge in [0.2, 0.25) is 0 Å². The minimum Gasteiger partial charge on any atom is -0.505 e. The van der Waals surface area contributed by atoms with Gasteiger partial charge in [0.05, 0.1) is 17.3 Å². The molecule has 0 atom stereocenters. The SMILES string of the molecule is O=C(NCCNC(=O)c1cc(-c2ccco2)nc2ccccc12)c1ncccc1O. The number of carbonyl (C=O) groups is 2. The molecule has 8 heteroatoms. The lowest BCUT2D eigenvalue weighted by atomic mass is 10.1. The molecule has 0 saturated carbocycles. The van der Waals surface area contributed by atoms with E-state index in [9.17, 15) is 14.7 Å². The van der Waals surface area contributed by atoms with Crippen LogP contribution in [-0.4, -0.2) is 40.0 Å². The molecule has 0 aliphatic rings. The van der Waals surface area contributed by atoms with Gasteiger partial charge in [0.15, 0.2) is 11.5 Å². The summed E-state index contributed by atoms with van der Waals surface area (Å²) >= 11 is 0. The topological polar surface area (TPSA) is 117 Å². The van der Waals surface area contributed by atoms with Crippen LogP contribution in [0, 0.1) is 0 Å². The molecule has 3 heterocycles. The second-order valence-corrected chi connectivity index (χ2v) is 6.43. The number of pyridine rings is 2. The summed E-state index contributed by atoms with van der Waals surface area (Å²) < 4.78 is 5.41. The average molecular weight is 402 g/mol. The molecule has 4 rings (SSSR count). The van der Waals surface area contributed by atoms with E-state index in [1.54, 1.807) is 24.5 Å². The third-order valence-electron chi connectivity index (χ3n) is 4.43. The van der Waals surface area contributed by atoms with Crippen LogP contribution < -0.4 is 10.6 Å². The minimum absolute atomic E-state index is 0.0629. The van der Waals surface area contributed by atoms with E-state index in [1.807, 2.05) is 24.3 Å². The summed E-state index contributed by atoms with van der Waals surface area (Å²) in [4.78, 5) is 33.3. The van der Waals surface area contributed by atoms with Gasteiger partial charge in [-0.15, -0.1) is 0 Å². The number of rotatable bonds is 6. The molecule has 0 aliphatic carbocycles. The van der Waals surface area contributed by atoms with Gasteiger partial charge in [-0.25, -0.2) is 9.97 Å². The first-order chi connectivity index (χ1) is 14.6. The van der Waals surface area contributed by atoms with E-state index in [4.69, 9.17) is 4.42 Å². The predicted octanol–water partition coefficient (Wildman–Crippen LogP) is 2.76. The van der Waals surface area contributed by atoms with Gasteiger partial charge in [-0.1, -0.05) is 18.2 Å². The quantitative estimate of drug-likeness (QED) is 0.427. The zero-order valence-electron chi connectivity index (χ0n) is 15.8. The monoisotopic (exact) mass is 402 g/mol. The first kappa shape index (κ1) is 19.1. The Labute approximate surface area is 171 Å². The molecule has 0 bridgehead atoms. The summed E-state index contributed by atoms with van der Waals surface area (Å²) in [7, 11) is 0. The van der Waals surface area contributed by atoms with Crippen molar-refractivity contribution in [2.75, 3.05) is 13.1 Å². The molecule has 0 unspecified atom stereocenters. The van der Waals surface area contributed by atoms with E-state index in [0.717, 1.165) is 0 Å². The Kier molecular flexibility index (Phi) is 5.38. The van der Waals surface area contributed by atoms with E-state index in [2.05, 4.69) is 20.6 Å². The number of aromatic hydroxyl groups is 1. The molecule has 30 heavy (non-hydrogen) atoms. The lowest BCUT2D eigenvalue weighted by Gasteiger charge is -2.10. The maximum Gasteiger partial charge on any atom is 0.273 e. The minimum atomic E-state index is -0.517. The highest BCUT2D eigenvalue weighted by Gasteiger charge is 2.15. The fraction of sp³-hybridized carbons (Fsp3) is 0.0909. The van der Waals surface area contributed by atoms with E-state index in [0.29, 0.717) is 27.9 Å². The molecule has 150 valence electrons. The fourth-order valence-corrected chi connectivity index (χ4v) is 3.02. The van der Waals surface area contributed by atoms with Gasteiger partial charge in [-0.05, 0) is 36.4 Å². The number of para-hydroxylation sites is 1. The first-order valence-electron chi connectivity index (χ1n) is 9.27. The van der Waals surface area contributed by atoms with Crippen LogP contribution in [-0.2, 0) is 0 Å². The van der Waals surface area contributed by atoms with Crippen LogP contribution in [0.2, 0.25) is 0 Å². The molecule has 0 fully saturated rings. The van der Waals surface area contributed by atoms with Crippen LogP contribution in [0.15, 0.2) is 71.5 Å². The smallest absolute Gasteiger partial charge is 0.273 e. The largest absolute Gasteiger partial charge is 0.505 e. The van der Waals surface area contributed by atoms with Gasteiger partial charge in [-0.2, -0.15) is 0 Å². The molecule has 2 amide bonds. The van der Waals surface area contributed by atoms with Gasteiger partial charge < -0.3 is 20.2 Å². The highest BCUT2D eigenvalue weighted by atomic mass is 16.3. The van der Waals surface area contributed by atoms with Crippen LogP contribution in [0.4, 0.5) is 0 Å².